The molecule has 0 aliphatic rings. The van der Waals surface area contributed by atoms with E-state index in [1.54, 1.807) is 61.5 Å². The van der Waals surface area contributed by atoms with Gasteiger partial charge >= 0.3 is 0 Å². The van der Waals surface area contributed by atoms with Crippen LogP contribution in [0.2, 0.25) is 0 Å². The van der Waals surface area contributed by atoms with E-state index in [-0.39, 0.29) is 29.9 Å². The predicted octanol–water partition coefficient (Wildman–Crippen LogP) is 3.82. The van der Waals surface area contributed by atoms with Crippen LogP contribution in [-0.2, 0) is 11.3 Å². The summed E-state index contributed by atoms with van der Waals surface area (Å²) in [5, 5.41) is 5.55. The first kappa shape index (κ1) is 20.9. The maximum atomic E-state index is 12.4. The predicted molar refractivity (Wildman–Crippen MR) is 111 cm³/mol. The molecule has 0 radical (unpaired) electrons. The van der Waals surface area contributed by atoms with Gasteiger partial charge in [0, 0.05) is 17.8 Å². The van der Waals surface area contributed by atoms with Crippen LogP contribution in [-0.4, -0.2) is 23.7 Å². The number of hydrogen-bond acceptors (Lipinski definition) is 5. The van der Waals surface area contributed by atoms with Crippen molar-refractivity contribution in [2.75, 3.05) is 5.32 Å². The molecule has 2 amide bonds. The fourth-order valence-corrected chi connectivity index (χ4v) is 2.74. The molecule has 1 atom stereocenters. The lowest BCUT2D eigenvalue weighted by Crippen LogP contribution is -2.35. The average Bonchev–Trinajstić information content (AvgIpc) is 3.27. The number of rotatable bonds is 8. The molecule has 7 heteroatoms. The molecule has 154 valence electrons. The molecule has 0 bridgehead atoms. The first-order chi connectivity index (χ1) is 14.4. The molecule has 1 aromatic heterocycles. The molecule has 1 unspecified atom stereocenters. The summed E-state index contributed by atoms with van der Waals surface area (Å²) in [6.45, 7) is 3.38. The maximum Gasteiger partial charge on any atom is 0.291 e. The summed E-state index contributed by atoms with van der Waals surface area (Å²) in [6, 6.07) is 17.1. The number of furan rings is 1. The van der Waals surface area contributed by atoms with Gasteiger partial charge in [0.25, 0.3) is 11.8 Å². The standard InChI is InChI=1S/C23H22N2O5/c1-15(26)18-7-4-9-20(13-18)30-16(2)22(27)24-14-17-6-3-8-19(12-17)25-23(28)21-10-5-11-29-21/h3-13,16H,14H2,1-2H3,(H,24,27)(H,25,28). The van der Waals surface area contributed by atoms with E-state index in [4.69, 9.17) is 9.15 Å². The zero-order valence-corrected chi connectivity index (χ0v) is 16.7. The maximum absolute atomic E-state index is 12.4. The third-order valence-corrected chi connectivity index (χ3v) is 4.32. The SMILES string of the molecule is CC(=O)c1cccc(OC(C)C(=O)NCc2cccc(NC(=O)c3ccco3)c2)c1. The van der Waals surface area contributed by atoms with Crippen LogP contribution in [0, 0.1) is 0 Å². The Labute approximate surface area is 174 Å². The van der Waals surface area contributed by atoms with Gasteiger partial charge in [-0.25, -0.2) is 0 Å². The minimum Gasteiger partial charge on any atom is -0.481 e. The number of carbonyl (C=O) groups excluding carboxylic acids is 3. The third-order valence-electron chi connectivity index (χ3n) is 4.32. The van der Waals surface area contributed by atoms with E-state index in [1.807, 2.05) is 6.07 Å². The molecule has 3 rings (SSSR count). The van der Waals surface area contributed by atoms with Crippen LogP contribution >= 0.6 is 0 Å². The minimum atomic E-state index is -0.742. The Morgan fingerprint density at radius 3 is 2.57 bits per heavy atom. The Balaban J connectivity index is 1.54. The van der Waals surface area contributed by atoms with Crippen LogP contribution in [0.1, 0.15) is 40.3 Å². The molecule has 30 heavy (non-hydrogen) atoms. The van der Waals surface area contributed by atoms with Gasteiger partial charge in [0.1, 0.15) is 5.75 Å². The first-order valence-corrected chi connectivity index (χ1v) is 9.41. The number of benzene rings is 2. The summed E-state index contributed by atoms with van der Waals surface area (Å²) in [5.74, 6) is -0.0534. The van der Waals surface area contributed by atoms with Gasteiger partial charge in [-0.15, -0.1) is 0 Å². The molecule has 2 N–H and O–H groups in total. The number of nitrogens with one attached hydrogen (secondary N) is 2. The molecule has 3 aromatic rings. The van der Waals surface area contributed by atoms with Gasteiger partial charge in [0.2, 0.25) is 0 Å². The Hall–Kier alpha value is -3.87. The molecule has 7 nitrogen and oxygen atoms in total. The monoisotopic (exact) mass is 406 g/mol. The highest BCUT2D eigenvalue weighted by molar-refractivity contribution is 6.02. The molecule has 0 spiro atoms. The Kier molecular flexibility index (Phi) is 6.64. The second-order valence-corrected chi connectivity index (χ2v) is 6.69. The molecule has 0 saturated heterocycles. The highest BCUT2D eigenvalue weighted by Gasteiger charge is 2.15. The van der Waals surface area contributed by atoms with Crippen molar-refractivity contribution in [2.24, 2.45) is 0 Å². The summed E-state index contributed by atoms with van der Waals surface area (Å²) in [4.78, 5) is 35.9. The van der Waals surface area contributed by atoms with Crippen LogP contribution in [0.5, 0.6) is 5.75 Å². The number of ether oxygens (including phenoxy) is 1. The number of Topliss-reactive ketones (excluding diaryl/α,β-unsaturated/α-hetero) is 1. The zero-order chi connectivity index (χ0) is 21.5. The van der Waals surface area contributed by atoms with E-state index in [2.05, 4.69) is 10.6 Å². The van der Waals surface area contributed by atoms with E-state index in [9.17, 15) is 14.4 Å². The molecule has 2 aromatic carbocycles. The topological polar surface area (TPSA) is 97.6 Å². The average molecular weight is 406 g/mol. The Bertz CT molecular complexity index is 1040. The van der Waals surface area contributed by atoms with Crippen LogP contribution in [0.15, 0.2) is 71.3 Å². The first-order valence-electron chi connectivity index (χ1n) is 9.41. The molecule has 1 heterocycles. The molecule has 0 saturated carbocycles. The summed E-state index contributed by atoms with van der Waals surface area (Å²) >= 11 is 0. The smallest absolute Gasteiger partial charge is 0.291 e. The van der Waals surface area contributed by atoms with Gasteiger partial charge < -0.3 is 19.8 Å². The van der Waals surface area contributed by atoms with E-state index in [1.165, 1.54) is 13.2 Å². The normalized spacial score (nSPS) is 11.4. The lowest BCUT2D eigenvalue weighted by molar-refractivity contribution is -0.127. The van der Waals surface area contributed by atoms with Crippen molar-refractivity contribution in [2.45, 2.75) is 26.5 Å². The van der Waals surface area contributed by atoms with Crippen molar-refractivity contribution in [3.63, 3.8) is 0 Å². The third kappa shape index (κ3) is 5.57. The fourth-order valence-electron chi connectivity index (χ4n) is 2.74. The van der Waals surface area contributed by atoms with E-state index in [0.29, 0.717) is 17.0 Å². The zero-order valence-electron chi connectivity index (χ0n) is 16.7. The van der Waals surface area contributed by atoms with Gasteiger partial charge in [-0.2, -0.15) is 0 Å². The van der Waals surface area contributed by atoms with Crippen LogP contribution in [0.25, 0.3) is 0 Å². The van der Waals surface area contributed by atoms with E-state index in [0.717, 1.165) is 5.56 Å². The van der Waals surface area contributed by atoms with Crippen molar-refractivity contribution >= 4 is 23.3 Å². The van der Waals surface area contributed by atoms with Gasteiger partial charge in [-0.1, -0.05) is 24.3 Å². The quantitative estimate of drug-likeness (QED) is 0.554. The Morgan fingerprint density at radius 1 is 1.03 bits per heavy atom. The van der Waals surface area contributed by atoms with E-state index < -0.39 is 6.10 Å². The van der Waals surface area contributed by atoms with Crippen LogP contribution in [0.3, 0.4) is 0 Å². The lowest BCUT2D eigenvalue weighted by Gasteiger charge is -2.15. The van der Waals surface area contributed by atoms with E-state index >= 15 is 0 Å². The van der Waals surface area contributed by atoms with Crippen molar-refractivity contribution in [3.05, 3.63) is 83.8 Å². The molecular formula is C23H22N2O5. The number of hydrogen-bond donors (Lipinski definition) is 2. The highest BCUT2D eigenvalue weighted by Crippen LogP contribution is 2.16. The molecule has 0 fully saturated rings. The number of anilines is 1. The molecule has 0 aliphatic heterocycles. The number of carbonyl (C=O) groups is 3. The largest absolute Gasteiger partial charge is 0.481 e. The van der Waals surface area contributed by atoms with Crippen molar-refractivity contribution in [1.29, 1.82) is 0 Å². The molecule has 0 aliphatic carbocycles. The summed E-state index contributed by atoms with van der Waals surface area (Å²) < 4.78 is 10.7. The lowest BCUT2D eigenvalue weighted by atomic mass is 10.1. The number of ketones is 1. The molecular weight excluding hydrogens is 384 g/mol. The summed E-state index contributed by atoms with van der Waals surface area (Å²) in [5.41, 5.74) is 1.92. The second kappa shape index (κ2) is 9.56. The van der Waals surface area contributed by atoms with Crippen molar-refractivity contribution in [1.82, 2.24) is 5.32 Å². The van der Waals surface area contributed by atoms with Gasteiger partial charge in [-0.05, 0) is 55.8 Å². The van der Waals surface area contributed by atoms with Crippen molar-refractivity contribution < 1.29 is 23.5 Å². The number of amides is 2. The fraction of sp³-hybridized carbons (Fsp3) is 0.174. The summed E-state index contributed by atoms with van der Waals surface area (Å²) in [6.07, 6.45) is 0.689. The van der Waals surface area contributed by atoms with Gasteiger partial charge in [-0.3, -0.25) is 14.4 Å². The van der Waals surface area contributed by atoms with Gasteiger partial charge in [0.15, 0.2) is 17.6 Å². The van der Waals surface area contributed by atoms with Crippen LogP contribution in [0.4, 0.5) is 5.69 Å². The second-order valence-electron chi connectivity index (χ2n) is 6.69. The summed E-state index contributed by atoms with van der Waals surface area (Å²) in [7, 11) is 0. The van der Waals surface area contributed by atoms with Crippen LogP contribution < -0.4 is 15.4 Å². The highest BCUT2D eigenvalue weighted by atomic mass is 16.5. The minimum absolute atomic E-state index is 0.0726. The van der Waals surface area contributed by atoms with Crippen molar-refractivity contribution in [3.8, 4) is 5.75 Å². The Morgan fingerprint density at radius 2 is 1.83 bits per heavy atom. The van der Waals surface area contributed by atoms with Gasteiger partial charge in [0.05, 0.1) is 6.26 Å².